The standard InChI is InChI=1S/C8H7BClF3O3/c1-16-7-3-5(9(14)15)4(2-6(7)10)8(11,12)13/h2-3,14-15H,1H3. The number of hydrogen-bond acceptors (Lipinski definition) is 3. The Kier molecular flexibility index (Phi) is 3.72. The van der Waals surface area contributed by atoms with Gasteiger partial charge in [-0.25, -0.2) is 0 Å². The Morgan fingerprint density at radius 2 is 1.88 bits per heavy atom. The summed E-state index contributed by atoms with van der Waals surface area (Å²) in [6.07, 6.45) is -4.71. The molecule has 1 aromatic carbocycles. The van der Waals surface area contributed by atoms with Crippen LogP contribution in [0.2, 0.25) is 5.02 Å². The molecule has 0 bridgehead atoms. The Morgan fingerprint density at radius 1 is 1.31 bits per heavy atom. The minimum atomic E-state index is -4.71. The zero-order chi connectivity index (χ0) is 12.5. The molecule has 0 radical (unpaired) electrons. The molecule has 16 heavy (non-hydrogen) atoms. The number of ether oxygens (including phenoxy) is 1. The van der Waals surface area contributed by atoms with Crippen molar-refractivity contribution >= 4 is 24.2 Å². The van der Waals surface area contributed by atoms with Crippen molar-refractivity contribution in [2.24, 2.45) is 0 Å². The molecule has 0 aliphatic carbocycles. The second-order valence-corrected chi connectivity index (χ2v) is 3.35. The monoisotopic (exact) mass is 254 g/mol. The lowest BCUT2D eigenvalue weighted by atomic mass is 9.76. The van der Waals surface area contributed by atoms with Crippen LogP contribution < -0.4 is 10.2 Å². The number of alkyl halides is 3. The minimum Gasteiger partial charge on any atom is -0.495 e. The summed E-state index contributed by atoms with van der Waals surface area (Å²) in [5.74, 6) is -0.0576. The van der Waals surface area contributed by atoms with Crippen LogP contribution in [0, 0.1) is 0 Å². The fourth-order valence-electron chi connectivity index (χ4n) is 1.18. The Hall–Kier alpha value is -0.915. The van der Waals surface area contributed by atoms with Crippen molar-refractivity contribution in [1.82, 2.24) is 0 Å². The highest BCUT2D eigenvalue weighted by molar-refractivity contribution is 6.59. The molecule has 0 heterocycles. The third kappa shape index (κ3) is 2.60. The van der Waals surface area contributed by atoms with Crippen molar-refractivity contribution in [3.05, 3.63) is 22.7 Å². The molecule has 1 rings (SSSR count). The average Bonchev–Trinajstić information content (AvgIpc) is 2.15. The van der Waals surface area contributed by atoms with Gasteiger partial charge in [0.05, 0.1) is 17.7 Å². The largest absolute Gasteiger partial charge is 0.495 e. The van der Waals surface area contributed by atoms with E-state index < -0.39 is 24.3 Å². The lowest BCUT2D eigenvalue weighted by molar-refractivity contribution is -0.136. The summed E-state index contributed by atoms with van der Waals surface area (Å²) in [5, 5.41) is 17.4. The van der Waals surface area contributed by atoms with Crippen LogP contribution in [0.15, 0.2) is 12.1 Å². The van der Waals surface area contributed by atoms with Gasteiger partial charge in [0.1, 0.15) is 5.75 Å². The molecule has 3 nitrogen and oxygen atoms in total. The zero-order valence-electron chi connectivity index (χ0n) is 8.05. The van der Waals surface area contributed by atoms with Crippen LogP contribution in [0.1, 0.15) is 5.56 Å². The molecule has 0 atom stereocenters. The van der Waals surface area contributed by atoms with Gasteiger partial charge in [-0.05, 0) is 17.6 Å². The molecule has 88 valence electrons. The first-order chi connectivity index (χ1) is 7.27. The molecule has 0 saturated heterocycles. The topological polar surface area (TPSA) is 49.7 Å². The predicted molar refractivity (Wildman–Crippen MR) is 52.8 cm³/mol. The van der Waals surface area contributed by atoms with E-state index in [1.165, 1.54) is 7.11 Å². The van der Waals surface area contributed by atoms with E-state index in [-0.39, 0.29) is 10.8 Å². The van der Waals surface area contributed by atoms with Gasteiger partial charge in [0, 0.05) is 0 Å². The summed E-state index contributed by atoms with van der Waals surface area (Å²) in [6.45, 7) is 0. The lowest BCUT2D eigenvalue weighted by Gasteiger charge is -2.14. The average molecular weight is 254 g/mol. The smallest absolute Gasteiger partial charge is 0.489 e. The third-order valence-corrected chi connectivity index (χ3v) is 2.20. The molecular formula is C8H7BClF3O3. The molecule has 0 saturated carbocycles. The highest BCUT2D eigenvalue weighted by Crippen LogP contribution is 2.33. The highest BCUT2D eigenvalue weighted by atomic mass is 35.5. The molecule has 8 heteroatoms. The van der Waals surface area contributed by atoms with Crippen molar-refractivity contribution < 1.29 is 28.0 Å². The highest BCUT2D eigenvalue weighted by Gasteiger charge is 2.37. The molecule has 0 spiro atoms. The first-order valence-electron chi connectivity index (χ1n) is 4.08. The van der Waals surface area contributed by atoms with E-state index in [1.807, 2.05) is 0 Å². The molecule has 0 aromatic heterocycles. The van der Waals surface area contributed by atoms with Gasteiger partial charge in [-0.1, -0.05) is 11.6 Å². The van der Waals surface area contributed by atoms with Crippen LogP contribution in [0.5, 0.6) is 5.75 Å². The van der Waals surface area contributed by atoms with Crippen LogP contribution in [0.3, 0.4) is 0 Å². The normalized spacial score (nSPS) is 11.4. The zero-order valence-corrected chi connectivity index (χ0v) is 8.80. The summed E-state index contributed by atoms with van der Waals surface area (Å²) >= 11 is 5.52. The van der Waals surface area contributed by atoms with E-state index in [0.717, 1.165) is 6.07 Å². The maximum Gasteiger partial charge on any atom is 0.489 e. The first kappa shape index (κ1) is 13.2. The molecule has 0 fully saturated rings. The Balaban J connectivity index is 3.42. The number of rotatable bonds is 2. The Bertz CT molecular complexity index is 395. The number of hydrogen-bond donors (Lipinski definition) is 2. The van der Waals surface area contributed by atoms with Gasteiger partial charge < -0.3 is 14.8 Å². The SMILES string of the molecule is COc1cc(B(O)O)c(C(F)(F)F)cc1Cl. The predicted octanol–water partition coefficient (Wildman–Crippen LogP) is 1.05. The van der Waals surface area contributed by atoms with Gasteiger partial charge in [0.2, 0.25) is 0 Å². The second-order valence-electron chi connectivity index (χ2n) is 2.95. The van der Waals surface area contributed by atoms with Crippen LogP contribution in [0.25, 0.3) is 0 Å². The second kappa shape index (κ2) is 4.53. The van der Waals surface area contributed by atoms with Gasteiger partial charge >= 0.3 is 13.3 Å². The molecule has 1 aromatic rings. The fourth-order valence-corrected chi connectivity index (χ4v) is 1.43. The van der Waals surface area contributed by atoms with Crippen molar-refractivity contribution in [2.75, 3.05) is 7.11 Å². The Morgan fingerprint density at radius 3 is 2.25 bits per heavy atom. The van der Waals surface area contributed by atoms with Gasteiger partial charge in [-0.15, -0.1) is 0 Å². The lowest BCUT2D eigenvalue weighted by Crippen LogP contribution is -2.36. The van der Waals surface area contributed by atoms with Crippen LogP contribution in [0.4, 0.5) is 13.2 Å². The van der Waals surface area contributed by atoms with Crippen molar-refractivity contribution in [2.45, 2.75) is 6.18 Å². The minimum absolute atomic E-state index is 0.0576. The van der Waals surface area contributed by atoms with E-state index in [2.05, 4.69) is 4.74 Å². The van der Waals surface area contributed by atoms with Crippen LogP contribution in [-0.2, 0) is 6.18 Å². The fraction of sp³-hybridized carbons (Fsp3) is 0.250. The summed E-state index contributed by atoms with van der Waals surface area (Å²) < 4.78 is 42.2. The van der Waals surface area contributed by atoms with E-state index in [9.17, 15) is 13.2 Å². The van der Waals surface area contributed by atoms with Crippen molar-refractivity contribution in [3.63, 3.8) is 0 Å². The molecular weight excluding hydrogens is 247 g/mol. The van der Waals surface area contributed by atoms with Gasteiger partial charge in [-0.3, -0.25) is 0 Å². The van der Waals surface area contributed by atoms with Crippen LogP contribution in [-0.4, -0.2) is 24.3 Å². The first-order valence-corrected chi connectivity index (χ1v) is 4.46. The summed E-state index contributed by atoms with van der Waals surface area (Å²) in [5.41, 5.74) is -1.90. The molecule has 0 amide bonds. The molecule has 0 aliphatic heterocycles. The molecule has 0 unspecified atom stereocenters. The summed E-state index contributed by atoms with van der Waals surface area (Å²) in [4.78, 5) is 0. The quantitative estimate of drug-likeness (QED) is 0.776. The maximum absolute atomic E-state index is 12.5. The van der Waals surface area contributed by atoms with Gasteiger partial charge in [-0.2, -0.15) is 13.2 Å². The summed E-state index contributed by atoms with van der Waals surface area (Å²) in [7, 11) is -1.04. The molecule has 2 N–H and O–H groups in total. The van der Waals surface area contributed by atoms with E-state index >= 15 is 0 Å². The van der Waals surface area contributed by atoms with Crippen molar-refractivity contribution in [1.29, 1.82) is 0 Å². The van der Waals surface area contributed by atoms with E-state index in [0.29, 0.717) is 6.07 Å². The van der Waals surface area contributed by atoms with Crippen LogP contribution >= 0.6 is 11.6 Å². The van der Waals surface area contributed by atoms with Crippen molar-refractivity contribution in [3.8, 4) is 5.75 Å². The maximum atomic E-state index is 12.5. The van der Waals surface area contributed by atoms with Gasteiger partial charge in [0.25, 0.3) is 0 Å². The summed E-state index contributed by atoms with van der Waals surface area (Å²) in [6, 6.07) is 1.44. The Labute approximate surface area is 94.6 Å². The van der Waals surface area contributed by atoms with Gasteiger partial charge in [0.15, 0.2) is 0 Å². The number of benzene rings is 1. The third-order valence-electron chi connectivity index (χ3n) is 1.91. The molecule has 0 aliphatic rings. The van der Waals surface area contributed by atoms with E-state index in [1.54, 1.807) is 0 Å². The number of methoxy groups -OCH3 is 1. The van der Waals surface area contributed by atoms with E-state index in [4.69, 9.17) is 21.6 Å². The number of halogens is 4.